The maximum absolute atomic E-state index is 12.4. The van der Waals surface area contributed by atoms with Crippen molar-refractivity contribution in [3.05, 3.63) is 29.8 Å². The molecular formula is C14H19ClF2N2O. The topological polar surface area (TPSA) is 24.5 Å². The predicted molar refractivity (Wildman–Crippen MR) is 75.4 cm³/mol. The quantitative estimate of drug-likeness (QED) is 0.924. The van der Waals surface area contributed by atoms with E-state index in [2.05, 4.69) is 15.0 Å². The van der Waals surface area contributed by atoms with Gasteiger partial charge in [-0.15, -0.1) is 12.4 Å². The van der Waals surface area contributed by atoms with Gasteiger partial charge in [0.25, 0.3) is 0 Å². The van der Waals surface area contributed by atoms with Crippen molar-refractivity contribution >= 4 is 12.4 Å². The number of para-hydroxylation sites is 1. The van der Waals surface area contributed by atoms with Crippen molar-refractivity contribution in [3.63, 3.8) is 0 Å². The van der Waals surface area contributed by atoms with Gasteiger partial charge in [-0.25, -0.2) is 0 Å². The molecule has 2 heterocycles. The Hall–Kier alpha value is -0.910. The fourth-order valence-electron chi connectivity index (χ4n) is 3.17. The third-order valence-electron chi connectivity index (χ3n) is 4.05. The summed E-state index contributed by atoms with van der Waals surface area (Å²) in [6.45, 7) is 2.17. The van der Waals surface area contributed by atoms with Crippen molar-refractivity contribution in [1.82, 2.24) is 10.2 Å². The Bertz CT molecular complexity index is 435. The highest BCUT2D eigenvalue weighted by Crippen LogP contribution is 2.29. The lowest BCUT2D eigenvalue weighted by atomic mass is 10.0. The first kappa shape index (κ1) is 15.5. The van der Waals surface area contributed by atoms with Gasteiger partial charge in [0.05, 0.1) is 0 Å². The van der Waals surface area contributed by atoms with Crippen molar-refractivity contribution in [3.8, 4) is 5.75 Å². The summed E-state index contributed by atoms with van der Waals surface area (Å²) < 4.78 is 29.3. The molecule has 2 aliphatic heterocycles. The number of likely N-dealkylation sites (tertiary alicyclic amines) is 1. The second-order valence-corrected chi connectivity index (χ2v) is 5.36. The molecule has 2 fully saturated rings. The van der Waals surface area contributed by atoms with Gasteiger partial charge in [-0.3, -0.25) is 4.90 Å². The molecule has 1 aromatic carbocycles. The first-order chi connectivity index (χ1) is 9.22. The Morgan fingerprint density at radius 3 is 2.50 bits per heavy atom. The molecule has 0 amide bonds. The van der Waals surface area contributed by atoms with E-state index in [0.717, 1.165) is 31.7 Å². The van der Waals surface area contributed by atoms with Gasteiger partial charge in [0.2, 0.25) is 0 Å². The van der Waals surface area contributed by atoms with E-state index >= 15 is 0 Å². The largest absolute Gasteiger partial charge is 0.434 e. The predicted octanol–water partition coefficient (Wildman–Crippen LogP) is 2.36. The van der Waals surface area contributed by atoms with E-state index in [1.807, 2.05) is 12.1 Å². The summed E-state index contributed by atoms with van der Waals surface area (Å²) in [5.41, 5.74) is 0.843. The summed E-state index contributed by atoms with van der Waals surface area (Å²) in [5.74, 6) is 1.72. The summed E-state index contributed by atoms with van der Waals surface area (Å²) in [6.07, 6.45) is 0. The number of rotatable bonds is 4. The van der Waals surface area contributed by atoms with Crippen LogP contribution in [0.3, 0.4) is 0 Å². The van der Waals surface area contributed by atoms with Crippen LogP contribution in [0.25, 0.3) is 0 Å². The standard InChI is InChI=1S/C14H18F2N2O.ClH/c15-14(16)19-13-4-2-1-3-10(13)7-18-8-11-5-17-6-12(11)9-18;/h1-4,11-12,14,17H,5-9H2;1H/t11-,12+;. The summed E-state index contributed by atoms with van der Waals surface area (Å²) in [6, 6.07) is 7.07. The zero-order chi connectivity index (χ0) is 13.2. The van der Waals surface area contributed by atoms with Gasteiger partial charge in [0, 0.05) is 25.2 Å². The fourth-order valence-corrected chi connectivity index (χ4v) is 3.17. The Kier molecular flexibility index (Phi) is 5.18. The van der Waals surface area contributed by atoms with Gasteiger partial charge in [0.15, 0.2) is 0 Å². The van der Waals surface area contributed by atoms with Crippen LogP contribution in [0.2, 0.25) is 0 Å². The number of hydrogen-bond donors (Lipinski definition) is 1. The van der Waals surface area contributed by atoms with Gasteiger partial charge in [-0.2, -0.15) is 8.78 Å². The third kappa shape index (κ3) is 3.40. The lowest BCUT2D eigenvalue weighted by Gasteiger charge is -2.19. The first-order valence-electron chi connectivity index (χ1n) is 6.68. The lowest BCUT2D eigenvalue weighted by molar-refractivity contribution is -0.0507. The van der Waals surface area contributed by atoms with Crippen LogP contribution in [-0.2, 0) is 6.54 Å². The molecule has 0 spiro atoms. The van der Waals surface area contributed by atoms with Crippen molar-refractivity contribution in [2.45, 2.75) is 13.2 Å². The molecule has 1 aromatic rings. The Morgan fingerprint density at radius 1 is 1.20 bits per heavy atom. The molecule has 0 aromatic heterocycles. The molecule has 3 rings (SSSR count). The summed E-state index contributed by atoms with van der Waals surface area (Å²) in [7, 11) is 0. The highest BCUT2D eigenvalue weighted by Gasteiger charge is 2.36. The fraction of sp³-hybridized carbons (Fsp3) is 0.571. The second-order valence-electron chi connectivity index (χ2n) is 5.36. The Labute approximate surface area is 123 Å². The summed E-state index contributed by atoms with van der Waals surface area (Å²) in [4.78, 5) is 2.34. The van der Waals surface area contributed by atoms with Crippen LogP contribution in [0, 0.1) is 11.8 Å². The monoisotopic (exact) mass is 304 g/mol. The smallest absolute Gasteiger partial charge is 0.387 e. The molecule has 2 aliphatic rings. The highest BCUT2D eigenvalue weighted by molar-refractivity contribution is 5.85. The minimum atomic E-state index is -2.76. The number of alkyl halides is 2. The van der Waals surface area contributed by atoms with Crippen LogP contribution >= 0.6 is 12.4 Å². The zero-order valence-electron chi connectivity index (χ0n) is 11.1. The number of nitrogens with zero attached hydrogens (tertiary/aromatic N) is 1. The minimum absolute atomic E-state index is 0. The van der Waals surface area contributed by atoms with Crippen molar-refractivity contribution < 1.29 is 13.5 Å². The van der Waals surface area contributed by atoms with Crippen LogP contribution < -0.4 is 10.1 Å². The lowest BCUT2D eigenvalue weighted by Crippen LogP contribution is -2.25. The van der Waals surface area contributed by atoms with E-state index in [4.69, 9.17) is 0 Å². The molecule has 0 saturated carbocycles. The molecule has 2 atom stereocenters. The Balaban J connectivity index is 0.00000147. The van der Waals surface area contributed by atoms with Crippen LogP contribution in [0.15, 0.2) is 24.3 Å². The molecule has 2 saturated heterocycles. The first-order valence-corrected chi connectivity index (χ1v) is 6.68. The highest BCUT2D eigenvalue weighted by atomic mass is 35.5. The summed E-state index contributed by atoms with van der Waals surface area (Å²) >= 11 is 0. The molecule has 3 nitrogen and oxygen atoms in total. The van der Waals surface area contributed by atoms with Crippen LogP contribution in [0.1, 0.15) is 5.56 Å². The molecule has 0 radical (unpaired) electrons. The molecule has 0 bridgehead atoms. The number of benzene rings is 1. The summed E-state index contributed by atoms with van der Waals surface area (Å²) in [5, 5.41) is 3.40. The number of ether oxygens (including phenoxy) is 1. The van der Waals surface area contributed by atoms with Crippen LogP contribution in [0.5, 0.6) is 5.75 Å². The van der Waals surface area contributed by atoms with Crippen molar-refractivity contribution in [2.75, 3.05) is 26.2 Å². The normalized spacial score (nSPS) is 25.6. The number of hydrogen-bond acceptors (Lipinski definition) is 3. The van der Waals surface area contributed by atoms with Crippen LogP contribution in [-0.4, -0.2) is 37.7 Å². The minimum Gasteiger partial charge on any atom is -0.434 e. The van der Waals surface area contributed by atoms with Gasteiger partial charge in [-0.1, -0.05) is 18.2 Å². The van der Waals surface area contributed by atoms with Crippen molar-refractivity contribution in [1.29, 1.82) is 0 Å². The molecule has 0 aliphatic carbocycles. The zero-order valence-corrected chi connectivity index (χ0v) is 11.9. The third-order valence-corrected chi connectivity index (χ3v) is 4.05. The van der Waals surface area contributed by atoms with Crippen LogP contribution in [0.4, 0.5) is 8.78 Å². The van der Waals surface area contributed by atoms with E-state index in [0.29, 0.717) is 24.1 Å². The van der Waals surface area contributed by atoms with Gasteiger partial charge >= 0.3 is 6.61 Å². The second kappa shape index (κ2) is 6.70. The van der Waals surface area contributed by atoms with Gasteiger partial charge in [-0.05, 0) is 31.0 Å². The van der Waals surface area contributed by atoms with E-state index in [1.165, 1.54) is 0 Å². The maximum Gasteiger partial charge on any atom is 0.387 e. The SMILES string of the molecule is Cl.FC(F)Oc1ccccc1CN1C[C@H]2CNC[C@H]2C1. The molecule has 6 heteroatoms. The molecule has 112 valence electrons. The Morgan fingerprint density at radius 2 is 1.85 bits per heavy atom. The van der Waals surface area contributed by atoms with Gasteiger partial charge < -0.3 is 10.1 Å². The van der Waals surface area contributed by atoms with Gasteiger partial charge in [0.1, 0.15) is 5.75 Å². The molecule has 1 N–H and O–H groups in total. The van der Waals surface area contributed by atoms with E-state index in [9.17, 15) is 8.78 Å². The maximum atomic E-state index is 12.4. The van der Waals surface area contributed by atoms with E-state index in [-0.39, 0.29) is 12.4 Å². The number of nitrogens with one attached hydrogen (secondary N) is 1. The molecule has 0 unspecified atom stereocenters. The average Bonchev–Trinajstić information content (AvgIpc) is 2.91. The average molecular weight is 305 g/mol. The molecule has 20 heavy (non-hydrogen) atoms. The number of halogens is 3. The van der Waals surface area contributed by atoms with E-state index < -0.39 is 6.61 Å². The van der Waals surface area contributed by atoms with Crippen molar-refractivity contribution in [2.24, 2.45) is 11.8 Å². The number of fused-ring (bicyclic) bond motifs is 1. The van der Waals surface area contributed by atoms with E-state index in [1.54, 1.807) is 12.1 Å². The molecular weight excluding hydrogens is 286 g/mol.